The summed E-state index contributed by atoms with van der Waals surface area (Å²) in [5, 5.41) is 14.2. The van der Waals surface area contributed by atoms with Crippen LogP contribution in [0.25, 0.3) is 66.1 Å². The Morgan fingerprint density at radius 1 is 0.699 bits per heavy atom. The number of aliphatic hydroxyl groups excluding tert-OH is 1. The molecule has 2 fully saturated rings. The molecule has 0 spiro atoms. The number of aromatic amines is 2. The second-order valence-corrected chi connectivity index (χ2v) is 17.8. The van der Waals surface area contributed by atoms with Crippen LogP contribution in [-0.2, 0) is 24.2 Å². The molecule has 0 aliphatic carbocycles. The predicted molar refractivity (Wildman–Crippen MR) is 268 cm³/mol. The quantitative estimate of drug-likeness (QED) is 0.0990. The number of pyridine rings is 2. The number of aromatic nitrogens is 8. The Balaban J connectivity index is 0.000000139. The number of ether oxygens (including phenoxy) is 1. The van der Waals surface area contributed by atoms with Crippen molar-refractivity contribution in [2.45, 2.75) is 57.2 Å². The number of rotatable bonds is 9. The average molecular weight is 995 g/mol. The summed E-state index contributed by atoms with van der Waals surface area (Å²) in [7, 11) is 1.53. The SMILES string of the molecule is COc1cnc2ccc(=O)n(C3CCN(CCc4cc5c(=O)oc6ccc(F)cc6c5[nH]4)CC3)c2n1.O=CCc1cc2c(=O)oc3ccc(F)cc3c2[nH]1.O=c1ccc2ncc(CO)nc2n1C1CCNCC1. The molecule has 2 aliphatic rings. The van der Waals surface area contributed by atoms with Gasteiger partial charge in [-0.05, 0) is 99.4 Å². The molecule has 21 heteroatoms. The maximum absolute atomic E-state index is 13.8. The Morgan fingerprint density at radius 3 is 1.82 bits per heavy atom. The van der Waals surface area contributed by atoms with E-state index in [0.717, 1.165) is 70.4 Å². The lowest BCUT2D eigenvalue weighted by molar-refractivity contribution is -0.107. The number of benzene rings is 2. The number of piperidine rings is 2. The van der Waals surface area contributed by atoms with E-state index in [4.69, 9.17) is 18.7 Å². The number of methoxy groups -OCH3 is 1. The first-order chi connectivity index (χ1) is 35.5. The van der Waals surface area contributed by atoms with Crippen LogP contribution >= 0.6 is 0 Å². The molecule has 0 saturated carbocycles. The number of fused-ring (bicyclic) bond motifs is 8. The number of nitrogens with zero attached hydrogens (tertiary/aromatic N) is 7. The maximum Gasteiger partial charge on any atom is 0.345 e. The van der Waals surface area contributed by atoms with Crippen molar-refractivity contribution in [1.29, 1.82) is 0 Å². The number of nitrogens with one attached hydrogen (secondary N) is 3. The second kappa shape index (κ2) is 20.8. The number of aldehydes is 1. The summed E-state index contributed by atoms with van der Waals surface area (Å²) >= 11 is 0. The molecule has 2 saturated heterocycles. The topological polar surface area (TPSA) is 249 Å². The lowest BCUT2D eigenvalue weighted by atomic mass is 10.0. The summed E-state index contributed by atoms with van der Waals surface area (Å²) in [4.78, 5) is 85.5. The van der Waals surface area contributed by atoms with E-state index in [1.165, 1.54) is 55.6 Å². The zero-order chi connectivity index (χ0) is 50.8. The van der Waals surface area contributed by atoms with E-state index in [-0.39, 0.29) is 42.0 Å². The smallest absolute Gasteiger partial charge is 0.345 e. The first-order valence-electron chi connectivity index (χ1n) is 23.7. The first kappa shape index (κ1) is 48.4. The van der Waals surface area contributed by atoms with Crippen molar-refractivity contribution in [2.24, 2.45) is 0 Å². The van der Waals surface area contributed by atoms with Crippen LogP contribution in [0.1, 0.15) is 54.8 Å². The number of carbonyl (C=O) groups is 1. The molecule has 4 N–H and O–H groups in total. The van der Waals surface area contributed by atoms with Gasteiger partial charge in [-0.15, -0.1) is 0 Å². The number of aliphatic hydroxyl groups is 1. The largest absolute Gasteiger partial charge is 0.480 e. The van der Waals surface area contributed by atoms with E-state index < -0.39 is 17.1 Å². The average Bonchev–Trinajstić information content (AvgIpc) is 4.06. The highest BCUT2D eigenvalue weighted by Crippen LogP contribution is 2.28. The van der Waals surface area contributed by atoms with Crippen LogP contribution in [0, 0.1) is 11.6 Å². The molecule has 10 heterocycles. The van der Waals surface area contributed by atoms with Gasteiger partial charge in [0, 0.05) is 78.9 Å². The molecular formula is C52H48F2N10O9. The fourth-order valence-electron chi connectivity index (χ4n) is 9.67. The maximum atomic E-state index is 13.8. The Labute approximate surface area is 411 Å². The molecule has 2 aliphatic heterocycles. The standard InChI is InChI=1S/C26H24FN5O4.C13H8FNO3.C13H16N4O2/c1-35-22-14-28-20-3-5-23(33)32(25(20)30-22)17-7-10-31(11-8-17)9-6-16-13-19-24(29-16)18-12-15(27)2-4-21(18)36-26(19)34;14-7-1-2-11-9(5-7)12-10(13(17)18-11)6-8(15-12)3-4-16;18-8-9-7-15-11-1-2-12(19)17(13(11)16-9)10-3-5-14-6-4-10/h2-5,12-14,17,29H,6-11H2,1H3;1-2,4-6,15H,3H2;1-2,7,10,14,18H,3-6,8H2. The van der Waals surface area contributed by atoms with Crippen LogP contribution in [-0.4, -0.2) is 95.2 Å². The van der Waals surface area contributed by atoms with Crippen LogP contribution in [0.15, 0.2) is 113 Å². The molecule has 19 nitrogen and oxygen atoms in total. The van der Waals surface area contributed by atoms with Gasteiger partial charge < -0.3 is 43.7 Å². The van der Waals surface area contributed by atoms with Crippen LogP contribution in [0.5, 0.6) is 5.88 Å². The lowest BCUT2D eigenvalue weighted by Crippen LogP contribution is -2.38. The summed E-state index contributed by atoms with van der Waals surface area (Å²) < 4.78 is 46.1. The van der Waals surface area contributed by atoms with Crippen molar-refractivity contribution < 1.29 is 32.3 Å². The van der Waals surface area contributed by atoms with Gasteiger partial charge >= 0.3 is 11.3 Å². The number of hydrogen-bond acceptors (Lipinski definition) is 15. The number of hydrogen-bond donors (Lipinski definition) is 4. The summed E-state index contributed by atoms with van der Waals surface area (Å²) in [6.07, 6.45) is 8.11. The van der Waals surface area contributed by atoms with Gasteiger partial charge in [-0.25, -0.2) is 28.3 Å². The highest BCUT2D eigenvalue weighted by molar-refractivity contribution is 6.03. The number of halogens is 2. The highest BCUT2D eigenvalue weighted by atomic mass is 19.1. The van der Waals surface area contributed by atoms with Crippen molar-refractivity contribution in [2.75, 3.05) is 39.8 Å². The van der Waals surface area contributed by atoms with Crippen LogP contribution < -0.4 is 32.4 Å². The summed E-state index contributed by atoms with van der Waals surface area (Å²) in [5.41, 5.74) is 5.13. The summed E-state index contributed by atoms with van der Waals surface area (Å²) in [5.74, 6) is -0.419. The van der Waals surface area contributed by atoms with Crippen molar-refractivity contribution in [3.63, 3.8) is 0 Å². The third-order valence-corrected chi connectivity index (χ3v) is 13.3. The molecular weight excluding hydrogens is 947 g/mol. The monoisotopic (exact) mass is 994 g/mol. The highest BCUT2D eigenvalue weighted by Gasteiger charge is 2.24. The molecule has 0 amide bonds. The van der Waals surface area contributed by atoms with Gasteiger partial charge in [0.05, 0.1) is 53.6 Å². The third-order valence-electron chi connectivity index (χ3n) is 13.3. The molecule has 2 aromatic carbocycles. The van der Waals surface area contributed by atoms with Crippen molar-refractivity contribution in [1.82, 2.24) is 49.3 Å². The summed E-state index contributed by atoms with van der Waals surface area (Å²) in [6, 6.07) is 18.0. The predicted octanol–water partition coefficient (Wildman–Crippen LogP) is 5.77. The first-order valence-corrected chi connectivity index (χ1v) is 23.7. The molecule has 0 radical (unpaired) electrons. The minimum Gasteiger partial charge on any atom is -0.480 e. The van der Waals surface area contributed by atoms with Gasteiger partial charge in [0.1, 0.15) is 40.1 Å². The van der Waals surface area contributed by atoms with Gasteiger partial charge in [0.25, 0.3) is 11.1 Å². The van der Waals surface area contributed by atoms with E-state index in [1.807, 2.05) is 0 Å². The van der Waals surface area contributed by atoms with Gasteiger partial charge in [-0.3, -0.25) is 23.7 Å². The number of carbonyl (C=O) groups excluding carboxylic acids is 1. The normalized spacial score (nSPS) is 14.7. The fraction of sp³-hybridized carbons (Fsp3) is 0.288. The lowest BCUT2D eigenvalue weighted by Gasteiger charge is -2.33. The van der Waals surface area contributed by atoms with Gasteiger partial charge in [0.15, 0.2) is 11.3 Å². The zero-order valence-electron chi connectivity index (χ0n) is 39.4. The minimum atomic E-state index is -0.502. The van der Waals surface area contributed by atoms with E-state index in [9.17, 15) is 32.8 Å². The van der Waals surface area contributed by atoms with Crippen molar-refractivity contribution >= 4 is 72.4 Å². The Morgan fingerprint density at radius 2 is 1.25 bits per heavy atom. The van der Waals surface area contributed by atoms with Crippen LogP contribution in [0.4, 0.5) is 8.78 Å². The van der Waals surface area contributed by atoms with Gasteiger partial charge in [-0.1, -0.05) is 0 Å². The molecule has 0 atom stereocenters. The summed E-state index contributed by atoms with van der Waals surface area (Å²) in [6.45, 7) is 4.07. The minimum absolute atomic E-state index is 0.0258. The molecule has 8 aromatic heterocycles. The Bertz CT molecular complexity index is 3940. The molecule has 10 aromatic rings. The van der Waals surface area contributed by atoms with Crippen molar-refractivity contribution in [3.05, 3.63) is 155 Å². The Hall–Kier alpha value is -8.27. The molecule has 374 valence electrons. The Kier molecular flexibility index (Phi) is 13.8. The van der Waals surface area contributed by atoms with E-state index >= 15 is 0 Å². The van der Waals surface area contributed by atoms with E-state index in [1.54, 1.807) is 45.8 Å². The molecule has 0 bridgehead atoms. The third kappa shape index (κ3) is 10.0. The van der Waals surface area contributed by atoms with Crippen molar-refractivity contribution in [3.8, 4) is 5.88 Å². The molecule has 0 unspecified atom stereocenters. The van der Waals surface area contributed by atoms with Crippen LogP contribution in [0.3, 0.4) is 0 Å². The molecule has 12 rings (SSSR count). The number of H-pyrrole nitrogens is 2. The van der Waals surface area contributed by atoms with Gasteiger partial charge in [0.2, 0.25) is 5.88 Å². The van der Waals surface area contributed by atoms with Gasteiger partial charge in [-0.2, -0.15) is 4.98 Å². The van der Waals surface area contributed by atoms with E-state index in [0.29, 0.717) is 89.8 Å². The second-order valence-electron chi connectivity index (χ2n) is 17.8. The zero-order valence-corrected chi connectivity index (χ0v) is 39.4. The fourth-order valence-corrected chi connectivity index (χ4v) is 9.67. The van der Waals surface area contributed by atoms with Crippen LogP contribution in [0.2, 0.25) is 0 Å². The molecule has 73 heavy (non-hydrogen) atoms. The van der Waals surface area contributed by atoms with E-state index in [2.05, 4.69) is 40.1 Å². The number of likely N-dealkylation sites (tertiary alicyclic amines) is 1.